The molecular formula is C12H40I4Sb4. The normalized spacial score (nSPS) is 7.20. The SMILES string of the molecule is I.I.I.I.[CH3][Sb]([CH3])[CH3].[CH3][Sb]([CH3])[CH3].[CH3][Sb]([CH3])[CH3].[CH3][Sb]([CH3])[CH3]. The summed E-state index contributed by atoms with van der Waals surface area (Å²) in [5, 5.41) is 0. The second-order valence-corrected chi connectivity index (χ2v) is 36.0. The van der Waals surface area contributed by atoms with Crippen LogP contribution >= 0.6 is 95.9 Å². The van der Waals surface area contributed by atoms with E-state index in [-0.39, 0.29) is 95.9 Å². The first-order chi connectivity index (χ1) is 6.93. The van der Waals surface area contributed by atoms with Crippen LogP contribution in [0.25, 0.3) is 0 Å². The van der Waals surface area contributed by atoms with Gasteiger partial charge in [0.15, 0.2) is 0 Å². The van der Waals surface area contributed by atoms with E-state index in [9.17, 15) is 0 Å². The van der Waals surface area contributed by atoms with E-state index in [1.807, 2.05) is 0 Å². The summed E-state index contributed by atoms with van der Waals surface area (Å²) in [6, 6.07) is 0. The fourth-order valence-electron chi connectivity index (χ4n) is 0. The Morgan fingerprint density at radius 1 is 0.250 bits per heavy atom. The van der Waals surface area contributed by atoms with Gasteiger partial charge in [-0.3, -0.25) is 0 Å². The molecule has 0 saturated carbocycles. The first-order valence-electron chi connectivity index (χ1n) is 5.37. The number of halogens is 4. The van der Waals surface area contributed by atoms with Gasteiger partial charge in [-0.2, -0.15) is 0 Å². The first kappa shape index (κ1) is 50.2. The molecule has 0 saturated heterocycles. The van der Waals surface area contributed by atoms with Crippen LogP contribution in [0.15, 0.2) is 0 Å². The van der Waals surface area contributed by atoms with Crippen LogP contribution in [0.5, 0.6) is 0 Å². The van der Waals surface area contributed by atoms with Crippen LogP contribution in [-0.4, -0.2) is 80.8 Å². The van der Waals surface area contributed by atoms with Crippen molar-refractivity contribution in [3.63, 3.8) is 0 Å². The zero-order valence-electron chi connectivity index (χ0n) is 15.4. The number of rotatable bonds is 0. The summed E-state index contributed by atoms with van der Waals surface area (Å²) in [5.41, 5.74) is 0. The van der Waals surface area contributed by atoms with Gasteiger partial charge in [0.25, 0.3) is 0 Å². The molecule has 0 bridgehead atoms. The zero-order chi connectivity index (χ0) is 14.3. The molecule has 0 aliphatic carbocycles. The molecule has 0 rings (SSSR count). The van der Waals surface area contributed by atoms with E-state index in [4.69, 9.17) is 0 Å². The van der Waals surface area contributed by atoms with Gasteiger partial charge in [-0.25, -0.2) is 0 Å². The van der Waals surface area contributed by atoms with Crippen molar-refractivity contribution in [1.29, 1.82) is 0 Å². The summed E-state index contributed by atoms with van der Waals surface area (Å²) in [7, 11) is 0. The van der Waals surface area contributed by atoms with Crippen molar-refractivity contribution >= 4 is 177 Å². The number of hydrogen-bond donors (Lipinski definition) is 0. The summed E-state index contributed by atoms with van der Waals surface area (Å²) < 4.78 is 0. The average Bonchev–Trinajstić information content (AvgIpc) is 1.76. The molecule has 0 unspecified atom stereocenters. The van der Waals surface area contributed by atoms with Crippen LogP contribution in [0.4, 0.5) is 0 Å². The van der Waals surface area contributed by atoms with Gasteiger partial charge in [0.2, 0.25) is 0 Å². The maximum absolute atomic E-state index is 2.35. The van der Waals surface area contributed by atoms with Gasteiger partial charge >= 0.3 is 139 Å². The van der Waals surface area contributed by atoms with E-state index in [1.165, 1.54) is 0 Å². The van der Waals surface area contributed by atoms with E-state index in [1.54, 1.807) is 0 Å². The molecule has 0 spiro atoms. The molecule has 0 radical (unpaired) electrons. The Morgan fingerprint density at radius 2 is 0.250 bits per heavy atom. The van der Waals surface area contributed by atoms with E-state index in [2.05, 4.69) is 58.4 Å². The fourth-order valence-corrected chi connectivity index (χ4v) is 0. The van der Waals surface area contributed by atoms with Crippen molar-refractivity contribution in [2.45, 2.75) is 58.4 Å². The van der Waals surface area contributed by atoms with Crippen molar-refractivity contribution in [2.75, 3.05) is 0 Å². The van der Waals surface area contributed by atoms with Crippen molar-refractivity contribution in [1.82, 2.24) is 0 Å². The van der Waals surface area contributed by atoms with Crippen molar-refractivity contribution in [3.05, 3.63) is 0 Å². The van der Waals surface area contributed by atoms with Crippen LogP contribution in [0.3, 0.4) is 0 Å². The Bertz CT molecular complexity index is 70.4. The molecule has 0 atom stereocenters. The second kappa shape index (κ2) is 44.6. The Morgan fingerprint density at radius 3 is 0.250 bits per heavy atom. The van der Waals surface area contributed by atoms with Gasteiger partial charge in [-0.1, -0.05) is 0 Å². The predicted octanol–water partition coefficient (Wildman–Crippen LogP) is 7.95. The topological polar surface area (TPSA) is 0 Å². The van der Waals surface area contributed by atoms with Crippen LogP contribution < -0.4 is 0 Å². The van der Waals surface area contributed by atoms with Crippen LogP contribution in [0.2, 0.25) is 58.4 Å². The second-order valence-electron chi connectivity index (χ2n) is 5.37. The van der Waals surface area contributed by atoms with Crippen LogP contribution in [0, 0.1) is 0 Å². The molecule has 0 nitrogen and oxygen atoms in total. The molecule has 0 N–H and O–H groups in total. The first-order valence-corrected chi connectivity index (χ1v) is 36.0. The third kappa shape index (κ3) is 339. The van der Waals surface area contributed by atoms with Gasteiger partial charge < -0.3 is 0 Å². The predicted molar refractivity (Wildman–Crippen MR) is 155 cm³/mol. The Labute approximate surface area is 229 Å². The summed E-state index contributed by atoms with van der Waals surface area (Å²) in [4.78, 5) is 28.2. The molecule has 0 fully saturated rings. The summed E-state index contributed by atoms with van der Waals surface area (Å²) in [5.74, 6) is 0. The zero-order valence-corrected chi connectivity index (χ0v) is 35.0. The van der Waals surface area contributed by atoms with E-state index >= 15 is 0 Å². The van der Waals surface area contributed by atoms with Gasteiger partial charge in [0, 0.05) is 0 Å². The van der Waals surface area contributed by atoms with E-state index in [0.29, 0.717) is 0 Å². The average molecular weight is 1180 g/mol. The Hall–Kier alpha value is 6.19. The molecule has 136 valence electrons. The summed E-state index contributed by atoms with van der Waals surface area (Å²) >= 11 is -1.80. The molecule has 0 heterocycles. The minimum absolute atomic E-state index is 0. The molecule has 0 aromatic carbocycles. The van der Waals surface area contributed by atoms with Crippen molar-refractivity contribution in [2.24, 2.45) is 0 Å². The fraction of sp³-hybridized carbons (Fsp3) is 1.00. The molecule has 0 aromatic rings. The summed E-state index contributed by atoms with van der Waals surface area (Å²) in [6.07, 6.45) is 0. The monoisotopic (exact) mass is 1180 g/mol. The third-order valence-corrected chi connectivity index (χ3v) is 0. The molecule has 0 amide bonds. The van der Waals surface area contributed by atoms with Gasteiger partial charge in [-0.05, 0) is 0 Å². The molecule has 0 aromatic heterocycles. The van der Waals surface area contributed by atoms with Crippen molar-refractivity contribution < 1.29 is 0 Å². The molecule has 0 aliphatic rings. The van der Waals surface area contributed by atoms with E-state index in [0.717, 1.165) is 0 Å². The Kier molecular flexibility index (Phi) is 112. The van der Waals surface area contributed by atoms with E-state index < -0.39 is 80.8 Å². The Balaban J connectivity index is -0.0000000150. The van der Waals surface area contributed by atoms with Gasteiger partial charge in [0.1, 0.15) is 0 Å². The minimum atomic E-state index is -0.450. The maximum atomic E-state index is 2.35. The van der Waals surface area contributed by atoms with Crippen molar-refractivity contribution in [3.8, 4) is 0 Å². The van der Waals surface area contributed by atoms with Gasteiger partial charge in [0.05, 0.1) is 0 Å². The molecular weight excluding hydrogens is 1140 g/mol. The van der Waals surface area contributed by atoms with Crippen LogP contribution in [0.1, 0.15) is 0 Å². The number of hydrogen-bond acceptors (Lipinski definition) is 0. The molecule has 0 aliphatic heterocycles. The standard InChI is InChI=1S/12CH3.4HI.4Sb/h12*1H3;4*1H;;;;. The molecule has 8 heteroatoms. The quantitative estimate of drug-likeness (QED) is 0.171. The summed E-state index contributed by atoms with van der Waals surface area (Å²) in [6.45, 7) is 0. The van der Waals surface area contributed by atoms with Crippen LogP contribution in [-0.2, 0) is 0 Å². The third-order valence-electron chi connectivity index (χ3n) is 0. The van der Waals surface area contributed by atoms with Gasteiger partial charge in [-0.15, -0.1) is 95.9 Å². The molecule has 20 heavy (non-hydrogen) atoms.